The zero-order valence-corrected chi connectivity index (χ0v) is 12.4. The summed E-state index contributed by atoms with van der Waals surface area (Å²) in [5.74, 6) is -0.262. The van der Waals surface area contributed by atoms with Crippen LogP contribution in [0.2, 0.25) is 5.15 Å². The van der Waals surface area contributed by atoms with Gasteiger partial charge in [0.05, 0.1) is 5.69 Å². The van der Waals surface area contributed by atoms with Crippen LogP contribution in [0.4, 0.5) is 11.5 Å². The van der Waals surface area contributed by atoms with E-state index in [1.54, 1.807) is 0 Å². The molecule has 2 heterocycles. The van der Waals surface area contributed by atoms with Gasteiger partial charge in [0.2, 0.25) is 5.91 Å². The number of pyridine rings is 2. The Morgan fingerprint density at radius 3 is 2.52 bits per heavy atom. The molecule has 0 aliphatic carbocycles. The predicted octanol–water partition coefficient (Wildman–Crippen LogP) is 1.89. The van der Waals surface area contributed by atoms with Gasteiger partial charge in [-0.1, -0.05) is 11.6 Å². The van der Waals surface area contributed by atoms with E-state index in [-0.39, 0.29) is 27.5 Å². The molecule has 0 aromatic carbocycles. The number of rotatable bonds is 4. The Morgan fingerprint density at radius 2 is 1.86 bits per heavy atom. The maximum atomic E-state index is 12.3. The number of hydrogen-bond acceptors (Lipinski definition) is 5. The van der Waals surface area contributed by atoms with Gasteiger partial charge in [-0.2, -0.15) is 0 Å². The van der Waals surface area contributed by atoms with Crippen molar-refractivity contribution in [2.45, 2.75) is 11.8 Å². The average molecular weight is 327 g/mol. The third-order valence-electron chi connectivity index (χ3n) is 2.36. The fourth-order valence-electron chi connectivity index (χ4n) is 1.53. The first-order valence-corrected chi connectivity index (χ1v) is 7.62. The van der Waals surface area contributed by atoms with E-state index in [1.165, 1.54) is 43.6 Å². The number of nitrogens with one attached hydrogen (secondary N) is 2. The SMILES string of the molecule is CC(=O)Nc1ncccc1NS(=O)(=O)c1cccnc1Cl. The summed E-state index contributed by atoms with van der Waals surface area (Å²) in [7, 11) is -3.94. The normalized spacial score (nSPS) is 11.0. The monoisotopic (exact) mass is 326 g/mol. The minimum absolute atomic E-state index is 0.105. The van der Waals surface area contributed by atoms with Gasteiger partial charge in [-0.05, 0) is 24.3 Å². The van der Waals surface area contributed by atoms with E-state index in [0.717, 1.165) is 0 Å². The molecule has 110 valence electrons. The predicted molar refractivity (Wildman–Crippen MR) is 78.6 cm³/mol. The molecule has 0 radical (unpaired) electrons. The van der Waals surface area contributed by atoms with Crippen LogP contribution >= 0.6 is 11.6 Å². The summed E-state index contributed by atoms with van der Waals surface area (Å²) in [6.07, 6.45) is 2.81. The molecule has 1 amide bonds. The molecule has 2 N–H and O–H groups in total. The van der Waals surface area contributed by atoms with Gasteiger partial charge in [0.25, 0.3) is 10.0 Å². The van der Waals surface area contributed by atoms with Crippen molar-refractivity contribution in [3.8, 4) is 0 Å². The largest absolute Gasteiger partial charge is 0.309 e. The first kappa shape index (κ1) is 15.2. The van der Waals surface area contributed by atoms with E-state index in [4.69, 9.17) is 11.6 Å². The quantitative estimate of drug-likeness (QED) is 0.835. The Balaban J connectivity index is 2.38. The summed E-state index contributed by atoms with van der Waals surface area (Å²) >= 11 is 5.78. The summed E-state index contributed by atoms with van der Waals surface area (Å²) in [6, 6.07) is 5.79. The zero-order chi connectivity index (χ0) is 15.5. The molecule has 21 heavy (non-hydrogen) atoms. The first-order chi connectivity index (χ1) is 9.90. The summed E-state index contributed by atoms with van der Waals surface area (Å²) in [6.45, 7) is 1.30. The van der Waals surface area contributed by atoms with Crippen molar-refractivity contribution in [3.63, 3.8) is 0 Å². The maximum absolute atomic E-state index is 12.3. The second-order valence-electron chi connectivity index (χ2n) is 3.98. The van der Waals surface area contributed by atoms with Crippen molar-refractivity contribution in [2.75, 3.05) is 10.0 Å². The van der Waals surface area contributed by atoms with Gasteiger partial charge in [0.15, 0.2) is 5.82 Å². The molecule has 0 bridgehead atoms. The number of halogens is 1. The Bertz CT molecular complexity index is 780. The Labute approximate surface area is 126 Å². The lowest BCUT2D eigenvalue weighted by Gasteiger charge is -2.12. The Kier molecular flexibility index (Phi) is 4.39. The van der Waals surface area contributed by atoms with Gasteiger partial charge in [0, 0.05) is 19.3 Å². The topological polar surface area (TPSA) is 101 Å². The molecule has 0 spiro atoms. The van der Waals surface area contributed by atoms with E-state index in [0.29, 0.717) is 0 Å². The standard InChI is InChI=1S/C12H11ClN4O3S/c1-8(18)16-12-9(4-2-7-15-12)17-21(19,20)10-5-3-6-14-11(10)13/h2-7,17H,1H3,(H,15,16,18). The lowest BCUT2D eigenvalue weighted by molar-refractivity contribution is -0.114. The van der Waals surface area contributed by atoms with Crippen LogP contribution in [0.3, 0.4) is 0 Å². The van der Waals surface area contributed by atoms with Gasteiger partial charge in [-0.3, -0.25) is 9.52 Å². The average Bonchev–Trinajstić information content (AvgIpc) is 2.40. The molecular formula is C12H11ClN4O3S. The molecule has 7 nitrogen and oxygen atoms in total. The highest BCUT2D eigenvalue weighted by molar-refractivity contribution is 7.92. The van der Waals surface area contributed by atoms with Gasteiger partial charge in [-0.25, -0.2) is 18.4 Å². The van der Waals surface area contributed by atoms with E-state index in [1.807, 2.05) is 0 Å². The van der Waals surface area contributed by atoms with Crippen molar-refractivity contribution >= 4 is 39.0 Å². The summed E-state index contributed by atoms with van der Waals surface area (Å²) in [5.41, 5.74) is 0.132. The number of amides is 1. The van der Waals surface area contributed by atoms with Crippen LogP contribution in [-0.4, -0.2) is 24.3 Å². The van der Waals surface area contributed by atoms with E-state index in [9.17, 15) is 13.2 Å². The zero-order valence-electron chi connectivity index (χ0n) is 10.9. The van der Waals surface area contributed by atoms with E-state index in [2.05, 4.69) is 20.0 Å². The molecular weight excluding hydrogens is 316 g/mol. The van der Waals surface area contributed by atoms with Crippen LogP contribution in [0.15, 0.2) is 41.6 Å². The maximum Gasteiger partial charge on any atom is 0.265 e. The van der Waals surface area contributed by atoms with Crippen LogP contribution in [0.1, 0.15) is 6.92 Å². The summed E-state index contributed by atoms with van der Waals surface area (Å²) in [4.78, 5) is 18.6. The highest BCUT2D eigenvalue weighted by atomic mass is 35.5. The molecule has 0 atom stereocenters. The minimum Gasteiger partial charge on any atom is -0.309 e. The highest BCUT2D eigenvalue weighted by Gasteiger charge is 2.20. The van der Waals surface area contributed by atoms with Gasteiger partial charge >= 0.3 is 0 Å². The van der Waals surface area contributed by atoms with E-state index < -0.39 is 10.0 Å². The molecule has 2 rings (SSSR count). The third kappa shape index (κ3) is 3.67. The number of carbonyl (C=O) groups is 1. The number of anilines is 2. The van der Waals surface area contributed by atoms with Gasteiger partial charge in [0.1, 0.15) is 10.0 Å². The van der Waals surface area contributed by atoms with Crippen molar-refractivity contribution in [1.29, 1.82) is 0 Å². The van der Waals surface area contributed by atoms with E-state index >= 15 is 0 Å². The number of aromatic nitrogens is 2. The molecule has 0 fully saturated rings. The minimum atomic E-state index is -3.94. The molecule has 0 saturated carbocycles. The number of sulfonamides is 1. The summed E-state index contributed by atoms with van der Waals surface area (Å²) in [5, 5.41) is 2.29. The Hall–Kier alpha value is -2.19. The van der Waals surface area contributed by atoms with Crippen molar-refractivity contribution in [1.82, 2.24) is 9.97 Å². The number of carbonyl (C=O) groups excluding carboxylic acids is 1. The Morgan fingerprint density at radius 1 is 1.19 bits per heavy atom. The molecule has 0 aliphatic rings. The number of nitrogens with zero attached hydrogens (tertiary/aromatic N) is 2. The molecule has 9 heteroatoms. The third-order valence-corrected chi connectivity index (χ3v) is 4.17. The fraction of sp³-hybridized carbons (Fsp3) is 0.0833. The second kappa shape index (κ2) is 6.06. The molecule has 2 aromatic rings. The first-order valence-electron chi connectivity index (χ1n) is 5.76. The molecule has 0 unspecified atom stereocenters. The smallest absolute Gasteiger partial charge is 0.265 e. The van der Waals surface area contributed by atoms with Crippen molar-refractivity contribution in [2.24, 2.45) is 0 Å². The molecule has 2 aromatic heterocycles. The highest BCUT2D eigenvalue weighted by Crippen LogP contribution is 2.24. The van der Waals surface area contributed by atoms with Gasteiger partial charge < -0.3 is 5.32 Å². The second-order valence-corrected chi connectivity index (χ2v) is 5.99. The van der Waals surface area contributed by atoms with Crippen molar-refractivity contribution in [3.05, 3.63) is 41.8 Å². The summed E-state index contributed by atoms with van der Waals surface area (Å²) < 4.78 is 26.9. The lowest BCUT2D eigenvalue weighted by Crippen LogP contribution is -2.17. The lowest BCUT2D eigenvalue weighted by atomic mass is 10.4. The van der Waals surface area contributed by atoms with Crippen molar-refractivity contribution < 1.29 is 13.2 Å². The van der Waals surface area contributed by atoms with Crippen LogP contribution in [0, 0.1) is 0 Å². The van der Waals surface area contributed by atoms with Crippen LogP contribution < -0.4 is 10.0 Å². The molecule has 0 saturated heterocycles. The fourth-order valence-corrected chi connectivity index (χ4v) is 3.05. The van der Waals surface area contributed by atoms with Crippen LogP contribution in [-0.2, 0) is 14.8 Å². The molecule has 0 aliphatic heterocycles. The van der Waals surface area contributed by atoms with Crippen LogP contribution in [0.5, 0.6) is 0 Å². The van der Waals surface area contributed by atoms with Crippen LogP contribution in [0.25, 0.3) is 0 Å². The van der Waals surface area contributed by atoms with Gasteiger partial charge in [-0.15, -0.1) is 0 Å². The number of hydrogen-bond donors (Lipinski definition) is 2.